The van der Waals surface area contributed by atoms with Crippen molar-refractivity contribution in [2.45, 2.75) is 84.2 Å². The number of hydrogen-bond acceptors (Lipinski definition) is 5. The van der Waals surface area contributed by atoms with Crippen molar-refractivity contribution in [2.24, 2.45) is 4.99 Å². The number of aliphatic carboxylic acids is 1. The highest BCUT2D eigenvalue weighted by Gasteiger charge is 2.32. The van der Waals surface area contributed by atoms with Gasteiger partial charge in [-0.25, -0.2) is 9.38 Å². The van der Waals surface area contributed by atoms with E-state index < -0.39 is 30.2 Å². The number of aliphatic imine (C=N–C) groups is 1. The van der Waals surface area contributed by atoms with Crippen LogP contribution in [0.25, 0.3) is 22.4 Å². The summed E-state index contributed by atoms with van der Waals surface area (Å²) in [5, 5.41) is 30.2. The van der Waals surface area contributed by atoms with Gasteiger partial charge in [-0.3, -0.25) is 4.79 Å². The van der Waals surface area contributed by atoms with E-state index in [1.807, 2.05) is 81.4 Å². The number of aliphatic hydroxyl groups excluding tert-OH is 2. The lowest BCUT2D eigenvalue weighted by Gasteiger charge is -2.25. The molecule has 0 aliphatic rings. The van der Waals surface area contributed by atoms with E-state index >= 15 is 0 Å². The number of ether oxygens (including phenoxy) is 1. The predicted octanol–water partition coefficient (Wildman–Crippen LogP) is 7.95. The molecule has 4 rings (SSSR count). The van der Waals surface area contributed by atoms with Crippen LogP contribution >= 0.6 is 0 Å². The van der Waals surface area contributed by atoms with Gasteiger partial charge in [0.15, 0.2) is 0 Å². The first-order valence-corrected chi connectivity index (χ1v) is 15.3. The molecule has 45 heavy (non-hydrogen) atoms. The number of hydrogen-bond donors (Lipinski definition) is 3. The number of aromatic nitrogens is 1. The van der Waals surface area contributed by atoms with E-state index in [0.29, 0.717) is 12.4 Å². The molecule has 3 N–H and O–H groups in total. The van der Waals surface area contributed by atoms with Crippen LogP contribution in [0.3, 0.4) is 0 Å². The second kappa shape index (κ2) is 14.7. The minimum Gasteiger partial charge on any atom is -0.481 e. The zero-order valence-electron chi connectivity index (χ0n) is 26.6. The molecular formula is C37H43FN2O5. The van der Waals surface area contributed by atoms with Gasteiger partial charge in [0.05, 0.1) is 35.6 Å². The quantitative estimate of drug-likeness (QED) is 0.111. The number of aliphatic hydroxyl groups is 2. The van der Waals surface area contributed by atoms with Gasteiger partial charge in [0.1, 0.15) is 11.4 Å². The van der Waals surface area contributed by atoms with E-state index in [9.17, 15) is 19.4 Å². The maximum absolute atomic E-state index is 14.2. The molecule has 2 atom stereocenters. The molecule has 0 saturated heterocycles. The van der Waals surface area contributed by atoms with E-state index in [1.165, 1.54) is 12.1 Å². The predicted molar refractivity (Wildman–Crippen MR) is 176 cm³/mol. The summed E-state index contributed by atoms with van der Waals surface area (Å²) in [7, 11) is 0. The fourth-order valence-electron chi connectivity index (χ4n) is 5.51. The Hall–Kier alpha value is -4.27. The van der Waals surface area contributed by atoms with Crippen LogP contribution in [0.4, 0.5) is 10.1 Å². The van der Waals surface area contributed by atoms with Crippen molar-refractivity contribution >= 4 is 17.6 Å². The second-order valence-electron chi connectivity index (χ2n) is 12.6. The van der Waals surface area contributed by atoms with Crippen LogP contribution in [-0.4, -0.2) is 49.6 Å². The Kier molecular flexibility index (Phi) is 11.0. The average molecular weight is 615 g/mol. The van der Waals surface area contributed by atoms with Gasteiger partial charge >= 0.3 is 5.97 Å². The Labute approximate surface area is 264 Å². The molecule has 0 amide bonds. The SMILES string of the molecule is CC(C)c1c(C(=Nc2ccccc2)OC(C)(C)C)c(-c2ccccc2)c(-c2ccc(F)cc2)n1CC[C@@H](O)C[C@@H](O)CC(=O)O. The monoisotopic (exact) mass is 614 g/mol. The van der Waals surface area contributed by atoms with Gasteiger partial charge in [-0.1, -0.05) is 62.4 Å². The average Bonchev–Trinajstić information content (AvgIpc) is 3.31. The van der Waals surface area contributed by atoms with E-state index in [-0.39, 0.29) is 24.6 Å². The Morgan fingerprint density at radius 3 is 2.04 bits per heavy atom. The number of carboxylic acids is 1. The lowest BCUT2D eigenvalue weighted by Crippen LogP contribution is -2.26. The molecule has 0 unspecified atom stereocenters. The molecule has 0 fully saturated rings. The van der Waals surface area contributed by atoms with Gasteiger partial charge < -0.3 is 24.6 Å². The number of nitrogens with zero attached hydrogens (tertiary/aromatic N) is 2. The Morgan fingerprint density at radius 1 is 0.889 bits per heavy atom. The molecule has 0 aliphatic heterocycles. The molecule has 0 spiro atoms. The summed E-state index contributed by atoms with van der Waals surface area (Å²) in [6.45, 7) is 10.4. The highest BCUT2D eigenvalue weighted by molar-refractivity contribution is 6.07. The first-order chi connectivity index (χ1) is 21.3. The Morgan fingerprint density at radius 2 is 1.49 bits per heavy atom. The lowest BCUT2D eigenvalue weighted by atomic mass is 9.94. The first-order valence-electron chi connectivity index (χ1n) is 15.3. The van der Waals surface area contributed by atoms with E-state index in [1.54, 1.807) is 12.1 Å². The van der Waals surface area contributed by atoms with Gasteiger partial charge in [-0.15, -0.1) is 0 Å². The van der Waals surface area contributed by atoms with Crippen molar-refractivity contribution in [1.82, 2.24) is 4.57 Å². The maximum atomic E-state index is 14.2. The van der Waals surface area contributed by atoms with Crippen LogP contribution in [0.5, 0.6) is 0 Å². The molecule has 0 saturated carbocycles. The molecule has 1 aromatic heterocycles. The van der Waals surface area contributed by atoms with Crippen LogP contribution in [0, 0.1) is 5.82 Å². The number of carbonyl (C=O) groups is 1. The third-order valence-corrected chi connectivity index (χ3v) is 7.27. The summed E-state index contributed by atoms with van der Waals surface area (Å²) in [5.41, 5.74) is 5.23. The van der Waals surface area contributed by atoms with Crippen molar-refractivity contribution < 1.29 is 29.2 Å². The number of halogens is 1. The summed E-state index contributed by atoms with van der Waals surface area (Å²) in [6.07, 6.45) is -2.37. The third kappa shape index (κ3) is 8.90. The lowest BCUT2D eigenvalue weighted by molar-refractivity contribution is -0.139. The van der Waals surface area contributed by atoms with Gasteiger partial charge in [0.25, 0.3) is 0 Å². The molecule has 1 heterocycles. The van der Waals surface area contributed by atoms with Gasteiger partial charge in [0.2, 0.25) is 5.90 Å². The zero-order chi connectivity index (χ0) is 32.7. The van der Waals surface area contributed by atoms with Crippen molar-refractivity contribution in [3.05, 3.63) is 102 Å². The van der Waals surface area contributed by atoms with Crippen LogP contribution in [0.2, 0.25) is 0 Å². The van der Waals surface area contributed by atoms with E-state index in [0.717, 1.165) is 39.3 Å². The van der Waals surface area contributed by atoms with Crippen LogP contribution in [0.1, 0.15) is 71.1 Å². The minimum atomic E-state index is -1.16. The molecule has 238 valence electrons. The Bertz CT molecular complexity index is 1590. The summed E-state index contributed by atoms with van der Waals surface area (Å²) in [6, 6.07) is 25.9. The maximum Gasteiger partial charge on any atom is 0.305 e. The summed E-state index contributed by atoms with van der Waals surface area (Å²) < 4.78 is 23.0. The second-order valence-corrected chi connectivity index (χ2v) is 12.6. The van der Waals surface area contributed by atoms with E-state index in [4.69, 9.17) is 14.8 Å². The molecule has 4 aromatic rings. The number of carboxylic acid groups (broad SMARTS) is 1. The fourth-order valence-corrected chi connectivity index (χ4v) is 5.51. The smallest absolute Gasteiger partial charge is 0.305 e. The minimum absolute atomic E-state index is 0.0315. The number of rotatable bonds is 12. The standard InChI is InChI=1S/C37H43FN2O5/c1-24(2)34-33(36(45-37(3,4)5)39-28-14-10-7-11-15-28)32(25-12-8-6-9-13-25)35(26-16-18-27(38)19-17-26)40(34)21-20-29(41)22-30(42)23-31(43)44/h6-19,24,29-30,41-42H,20-23H2,1-5H3,(H,43,44)/t29-,30-/m1/s1. The normalized spacial score (nSPS) is 13.6. The highest BCUT2D eigenvalue weighted by Crippen LogP contribution is 2.43. The van der Waals surface area contributed by atoms with Gasteiger partial charge in [-0.2, -0.15) is 0 Å². The molecule has 7 nitrogen and oxygen atoms in total. The summed E-state index contributed by atoms with van der Waals surface area (Å²) in [5.74, 6) is -1.07. The van der Waals surface area contributed by atoms with Crippen molar-refractivity contribution in [3.8, 4) is 22.4 Å². The van der Waals surface area contributed by atoms with Crippen LogP contribution in [0.15, 0.2) is 89.9 Å². The van der Waals surface area contributed by atoms with Crippen molar-refractivity contribution in [3.63, 3.8) is 0 Å². The molecule has 0 bridgehead atoms. The number of para-hydroxylation sites is 1. The molecule has 0 radical (unpaired) electrons. The van der Waals surface area contributed by atoms with Crippen molar-refractivity contribution in [1.29, 1.82) is 0 Å². The van der Waals surface area contributed by atoms with Gasteiger partial charge in [-0.05, 0) is 87.1 Å². The molecule has 3 aromatic carbocycles. The topological polar surface area (TPSA) is 104 Å². The summed E-state index contributed by atoms with van der Waals surface area (Å²) >= 11 is 0. The third-order valence-electron chi connectivity index (χ3n) is 7.27. The highest BCUT2D eigenvalue weighted by atomic mass is 19.1. The van der Waals surface area contributed by atoms with Gasteiger partial charge in [0, 0.05) is 17.8 Å². The van der Waals surface area contributed by atoms with Crippen molar-refractivity contribution in [2.75, 3.05) is 0 Å². The fraction of sp³-hybridized carbons (Fsp3) is 0.351. The zero-order valence-corrected chi connectivity index (χ0v) is 26.6. The molecular weight excluding hydrogens is 571 g/mol. The summed E-state index contributed by atoms with van der Waals surface area (Å²) in [4.78, 5) is 16.1. The first kappa shape index (κ1) is 33.6. The van der Waals surface area contributed by atoms with Crippen LogP contribution < -0.4 is 0 Å². The Balaban J connectivity index is 2.03. The van der Waals surface area contributed by atoms with Crippen LogP contribution in [-0.2, 0) is 16.1 Å². The molecule has 0 aliphatic carbocycles. The number of benzene rings is 3. The molecule has 8 heteroatoms. The van der Waals surface area contributed by atoms with E-state index in [2.05, 4.69) is 18.4 Å². The largest absolute Gasteiger partial charge is 0.481 e.